The SMILES string of the molecule is Cn1ncc(S(=O)(=O)NC(CCc2ccccc2)c2ccccc2)c1C(=O)O. The molecule has 1 unspecified atom stereocenters. The zero-order chi connectivity index (χ0) is 20.1. The number of rotatable bonds is 8. The van der Waals surface area contributed by atoms with Crippen LogP contribution in [0.3, 0.4) is 0 Å². The molecule has 0 radical (unpaired) electrons. The number of carboxylic acid groups (broad SMARTS) is 1. The number of aromatic nitrogens is 2. The van der Waals surface area contributed by atoms with Crippen LogP contribution in [0.15, 0.2) is 71.8 Å². The Balaban J connectivity index is 1.89. The Morgan fingerprint density at radius 1 is 1.11 bits per heavy atom. The number of carboxylic acids is 1. The monoisotopic (exact) mass is 399 g/mol. The molecule has 3 aromatic rings. The van der Waals surface area contributed by atoms with Crippen LogP contribution in [0, 0.1) is 0 Å². The highest BCUT2D eigenvalue weighted by atomic mass is 32.2. The highest BCUT2D eigenvalue weighted by molar-refractivity contribution is 7.89. The topological polar surface area (TPSA) is 101 Å². The van der Waals surface area contributed by atoms with Crippen molar-refractivity contribution in [2.24, 2.45) is 7.05 Å². The molecule has 1 heterocycles. The third kappa shape index (κ3) is 4.47. The number of nitrogens with one attached hydrogen (secondary N) is 1. The lowest BCUT2D eigenvalue weighted by atomic mass is 10.00. The average Bonchev–Trinajstić information content (AvgIpc) is 3.09. The number of aromatic carboxylic acids is 1. The number of benzene rings is 2. The molecular formula is C20H21N3O4S. The second kappa shape index (κ2) is 8.37. The number of nitrogens with zero attached hydrogens (tertiary/aromatic N) is 2. The van der Waals surface area contributed by atoms with Crippen molar-refractivity contribution in [3.63, 3.8) is 0 Å². The maximum Gasteiger partial charge on any atom is 0.355 e. The van der Waals surface area contributed by atoms with E-state index in [-0.39, 0.29) is 10.6 Å². The van der Waals surface area contributed by atoms with E-state index in [4.69, 9.17) is 0 Å². The van der Waals surface area contributed by atoms with Crippen molar-refractivity contribution < 1.29 is 18.3 Å². The first-order chi connectivity index (χ1) is 13.4. The average molecular weight is 399 g/mol. The van der Waals surface area contributed by atoms with Gasteiger partial charge >= 0.3 is 5.97 Å². The summed E-state index contributed by atoms with van der Waals surface area (Å²) in [7, 11) is -2.69. The van der Waals surface area contributed by atoms with Gasteiger partial charge in [0.05, 0.1) is 6.20 Å². The smallest absolute Gasteiger partial charge is 0.355 e. The van der Waals surface area contributed by atoms with Crippen LogP contribution >= 0.6 is 0 Å². The van der Waals surface area contributed by atoms with Crippen LogP contribution in [-0.2, 0) is 23.5 Å². The molecular weight excluding hydrogens is 378 g/mol. The molecule has 1 atom stereocenters. The summed E-state index contributed by atoms with van der Waals surface area (Å²) in [6.45, 7) is 0. The Morgan fingerprint density at radius 3 is 2.32 bits per heavy atom. The number of hydrogen-bond acceptors (Lipinski definition) is 4. The summed E-state index contributed by atoms with van der Waals surface area (Å²) in [5.41, 5.74) is 1.53. The second-order valence-electron chi connectivity index (χ2n) is 6.40. The minimum Gasteiger partial charge on any atom is -0.476 e. The van der Waals surface area contributed by atoms with Gasteiger partial charge in [0.15, 0.2) is 5.69 Å². The first-order valence-corrected chi connectivity index (χ1v) is 10.2. The molecule has 2 N–H and O–H groups in total. The van der Waals surface area contributed by atoms with Crippen LogP contribution in [0.1, 0.15) is 34.1 Å². The Morgan fingerprint density at radius 2 is 1.71 bits per heavy atom. The summed E-state index contributed by atoms with van der Waals surface area (Å²) in [6, 6.07) is 18.5. The van der Waals surface area contributed by atoms with Gasteiger partial charge in [-0.05, 0) is 24.0 Å². The highest BCUT2D eigenvalue weighted by Crippen LogP contribution is 2.23. The fourth-order valence-electron chi connectivity index (χ4n) is 3.04. The van der Waals surface area contributed by atoms with Crippen LogP contribution in [0.25, 0.3) is 0 Å². The number of aryl methyl sites for hydroxylation is 2. The van der Waals surface area contributed by atoms with Crippen LogP contribution < -0.4 is 4.72 Å². The molecule has 0 saturated heterocycles. The molecule has 0 aliphatic carbocycles. The Kier molecular flexibility index (Phi) is 5.91. The third-order valence-corrected chi connectivity index (χ3v) is 5.93. The van der Waals surface area contributed by atoms with Crippen molar-refractivity contribution in [1.82, 2.24) is 14.5 Å². The van der Waals surface area contributed by atoms with E-state index >= 15 is 0 Å². The van der Waals surface area contributed by atoms with Crippen LogP contribution in [-0.4, -0.2) is 29.3 Å². The number of hydrogen-bond donors (Lipinski definition) is 2. The summed E-state index contributed by atoms with van der Waals surface area (Å²) >= 11 is 0. The second-order valence-corrected chi connectivity index (χ2v) is 8.08. The van der Waals surface area contributed by atoms with Gasteiger partial charge in [0.1, 0.15) is 4.90 Å². The molecule has 0 saturated carbocycles. The molecule has 0 aliphatic heterocycles. The normalized spacial score (nSPS) is 12.6. The summed E-state index contributed by atoms with van der Waals surface area (Å²) in [4.78, 5) is 11.1. The predicted molar refractivity (Wildman–Crippen MR) is 104 cm³/mol. The Bertz CT molecular complexity index is 1050. The standard InChI is InChI=1S/C20H21N3O4S/c1-23-19(20(24)25)18(14-21-23)28(26,27)22-17(16-10-6-3-7-11-16)13-12-15-8-4-2-5-9-15/h2-11,14,17,22H,12-13H2,1H3,(H,24,25). The maximum absolute atomic E-state index is 12.9. The molecule has 0 bridgehead atoms. The van der Waals surface area contributed by atoms with Crippen molar-refractivity contribution in [2.75, 3.05) is 0 Å². The molecule has 146 valence electrons. The Labute approximate surface area is 163 Å². The summed E-state index contributed by atoms with van der Waals surface area (Å²) in [5.74, 6) is -1.35. The quantitative estimate of drug-likeness (QED) is 0.606. The molecule has 0 spiro atoms. The fourth-order valence-corrected chi connectivity index (χ4v) is 4.46. The van der Waals surface area contributed by atoms with Crippen molar-refractivity contribution in [3.8, 4) is 0 Å². The van der Waals surface area contributed by atoms with Crippen molar-refractivity contribution in [2.45, 2.75) is 23.8 Å². The van der Waals surface area contributed by atoms with Crippen LogP contribution in [0.4, 0.5) is 0 Å². The largest absolute Gasteiger partial charge is 0.476 e. The third-order valence-electron chi connectivity index (χ3n) is 4.46. The van der Waals surface area contributed by atoms with Crippen LogP contribution in [0.2, 0.25) is 0 Å². The van der Waals surface area contributed by atoms with Gasteiger partial charge < -0.3 is 5.11 Å². The summed E-state index contributed by atoms with van der Waals surface area (Å²) in [6.07, 6.45) is 2.25. The first-order valence-electron chi connectivity index (χ1n) is 8.75. The minimum atomic E-state index is -4.08. The van der Waals surface area contributed by atoms with Gasteiger partial charge in [0.2, 0.25) is 10.0 Å². The van der Waals surface area contributed by atoms with Gasteiger partial charge in [-0.1, -0.05) is 60.7 Å². The van der Waals surface area contributed by atoms with Gasteiger partial charge in [-0.25, -0.2) is 17.9 Å². The van der Waals surface area contributed by atoms with Gasteiger partial charge in [-0.3, -0.25) is 4.68 Å². The van der Waals surface area contributed by atoms with Gasteiger partial charge in [-0.2, -0.15) is 5.10 Å². The van der Waals surface area contributed by atoms with Crippen molar-refractivity contribution in [3.05, 3.63) is 83.7 Å². The minimum absolute atomic E-state index is 0.344. The molecule has 7 nitrogen and oxygen atoms in total. The van der Waals surface area contributed by atoms with E-state index in [0.717, 1.165) is 22.0 Å². The maximum atomic E-state index is 12.9. The number of sulfonamides is 1. The molecule has 1 aromatic heterocycles. The van der Waals surface area contributed by atoms with E-state index in [0.29, 0.717) is 12.8 Å². The lowest BCUT2D eigenvalue weighted by molar-refractivity contribution is 0.0680. The molecule has 3 rings (SSSR count). The van der Waals surface area contributed by atoms with E-state index in [9.17, 15) is 18.3 Å². The van der Waals surface area contributed by atoms with E-state index in [1.54, 1.807) is 0 Å². The zero-order valence-corrected chi connectivity index (χ0v) is 16.1. The molecule has 0 amide bonds. The molecule has 0 aliphatic rings. The summed E-state index contributed by atoms with van der Waals surface area (Å²) < 4.78 is 29.6. The molecule has 8 heteroatoms. The highest BCUT2D eigenvalue weighted by Gasteiger charge is 2.29. The van der Waals surface area contributed by atoms with Crippen molar-refractivity contribution in [1.29, 1.82) is 0 Å². The van der Waals surface area contributed by atoms with Gasteiger partial charge in [-0.15, -0.1) is 0 Å². The zero-order valence-electron chi connectivity index (χ0n) is 15.3. The van der Waals surface area contributed by atoms with Crippen LogP contribution in [0.5, 0.6) is 0 Å². The van der Waals surface area contributed by atoms with Crippen molar-refractivity contribution >= 4 is 16.0 Å². The fraction of sp³-hybridized carbons (Fsp3) is 0.200. The lowest BCUT2D eigenvalue weighted by Crippen LogP contribution is -2.30. The lowest BCUT2D eigenvalue weighted by Gasteiger charge is -2.19. The molecule has 28 heavy (non-hydrogen) atoms. The van der Waals surface area contributed by atoms with E-state index < -0.39 is 22.0 Å². The van der Waals surface area contributed by atoms with Gasteiger partial charge in [0, 0.05) is 13.1 Å². The number of carbonyl (C=O) groups is 1. The van der Waals surface area contributed by atoms with E-state index in [2.05, 4.69) is 9.82 Å². The Hall–Kier alpha value is -2.97. The van der Waals surface area contributed by atoms with E-state index in [1.165, 1.54) is 7.05 Å². The summed E-state index contributed by atoms with van der Waals surface area (Å²) in [5, 5.41) is 13.1. The first kappa shape index (κ1) is 19.8. The molecule has 0 fully saturated rings. The van der Waals surface area contributed by atoms with E-state index in [1.807, 2.05) is 60.7 Å². The van der Waals surface area contributed by atoms with Gasteiger partial charge in [0.25, 0.3) is 0 Å². The molecule has 2 aromatic carbocycles. The predicted octanol–water partition coefficient (Wildman–Crippen LogP) is 2.77.